The lowest BCUT2D eigenvalue weighted by molar-refractivity contribution is -0.133. The minimum atomic E-state index is -0.250. The smallest absolute Gasteiger partial charge is 0.290 e. The van der Waals surface area contributed by atoms with Crippen molar-refractivity contribution in [1.29, 1.82) is 0 Å². The SMILES string of the molecule is O=C(NC[C@H]1[C@H]2CN(C(=O)CN3Cc4ccccc4C3)C[C@]23CC[C@H]1O3)C1CC1.O=CO. The number of nitrogens with zero attached hydrogens (tertiary/aromatic N) is 2. The number of fused-ring (bicyclic) bond motifs is 2. The Labute approximate surface area is 187 Å². The lowest BCUT2D eigenvalue weighted by Gasteiger charge is -2.29. The van der Waals surface area contributed by atoms with Gasteiger partial charge in [-0.1, -0.05) is 24.3 Å². The Morgan fingerprint density at radius 1 is 1.19 bits per heavy atom. The molecule has 1 aliphatic carbocycles. The van der Waals surface area contributed by atoms with E-state index in [1.54, 1.807) is 0 Å². The zero-order valence-electron chi connectivity index (χ0n) is 18.2. The van der Waals surface area contributed by atoms with Gasteiger partial charge in [0.15, 0.2) is 0 Å². The van der Waals surface area contributed by atoms with Crippen molar-refractivity contribution in [3.63, 3.8) is 0 Å². The van der Waals surface area contributed by atoms with E-state index < -0.39 is 0 Å². The van der Waals surface area contributed by atoms with E-state index >= 15 is 0 Å². The number of likely N-dealkylation sites (tertiary alicyclic amines) is 1. The van der Waals surface area contributed by atoms with Crippen molar-refractivity contribution in [3.8, 4) is 0 Å². The molecule has 5 aliphatic rings. The fourth-order valence-electron chi connectivity index (χ4n) is 6.17. The Bertz CT molecular complexity index is 878. The zero-order chi connectivity index (χ0) is 22.3. The van der Waals surface area contributed by atoms with Crippen molar-refractivity contribution < 1.29 is 24.2 Å². The molecular formula is C24H31N3O5. The molecule has 8 heteroatoms. The molecule has 172 valence electrons. The number of benzene rings is 1. The van der Waals surface area contributed by atoms with Gasteiger partial charge in [0.2, 0.25) is 11.8 Å². The number of carbonyl (C=O) groups excluding carboxylic acids is 2. The van der Waals surface area contributed by atoms with Gasteiger partial charge in [-0.05, 0) is 36.8 Å². The van der Waals surface area contributed by atoms with Gasteiger partial charge in [0.05, 0.1) is 24.8 Å². The van der Waals surface area contributed by atoms with E-state index in [-0.39, 0.29) is 35.9 Å². The van der Waals surface area contributed by atoms with E-state index in [0.29, 0.717) is 24.9 Å². The Morgan fingerprint density at radius 3 is 2.53 bits per heavy atom. The molecule has 1 saturated carbocycles. The Morgan fingerprint density at radius 2 is 1.88 bits per heavy atom. The third kappa shape index (κ3) is 3.90. The van der Waals surface area contributed by atoms with Crippen LogP contribution in [0.5, 0.6) is 0 Å². The summed E-state index contributed by atoms with van der Waals surface area (Å²) >= 11 is 0. The molecule has 0 aromatic heterocycles. The number of hydrogen-bond donors (Lipinski definition) is 2. The molecule has 3 saturated heterocycles. The summed E-state index contributed by atoms with van der Waals surface area (Å²) in [5.74, 6) is 1.38. The van der Waals surface area contributed by atoms with Gasteiger partial charge in [0.25, 0.3) is 6.47 Å². The number of amides is 2. The van der Waals surface area contributed by atoms with Crippen molar-refractivity contribution in [2.24, 2.45) is 17.8 Å². The highest BCUT2D eigenvalue weighted by Gasteiger charge is 2.63. The monoisotopic (exact) mass is 441 g/mol. The van der Waals surface area contributed by atoms with Crippen LogP contribution in [0.4, 0.5) is 0 Å². The van der Waals surface area contributed by atoms with Gasteiger partial charge >= 0.3 is 0 Å². The second kappa shape index (κ2) is 8.48. The standard InChI is InChI=1S/C23H29N3O3.CH2O2/c27-21(13-25-10-16-3-1-2-4-17(16)11-25)26-12-19-18(9-24-22(28)15-5-6-15)20-7-8-23(19,14-26)29-20;2-1-3/h1-4,15,18-20H,5-14H2,(H,24,28);1H,(H,2,3)/t18-,19+,20+,23+;/m0./s1. The number of hydrogen-bond acceptors (Lipinski definition) is 5. The molecule has 4 fully saturated rings. The highest BCUT2D eigenvalue weighted by atomic mass is 16.5. The first-order valence-corrected chi connectivity index (χ1v) is 11.6. The molecule has 2 bridgehead atoms. The van der Waals surface area contributed by atoms with E-state index in [0.717, 1.165) is 51.9 Å². The Kier molecular flexibility index (Phi) is 5.67. The molecule has 4 heterocycles. The molecule has 1 aromatic rings. The summed E-state index contributed by atoms with van der Waals surface area (Å²) in [5, 5.41) is 10.1. The van der Waals surface area contributed by atoms with Crippen molar-refractivity contribution in [2.75, 3.05) is 26.2 Å². The number of carbonyl (C=O) groups is 3. The van der Waals surface area contributed by atoms with Gasteiger partial charge < -0.3 is 20.1 Å². The normalized spacial score (nSPS) is 32.1. The van der Waals surface area contributed by atoms with Crippen LogP contribution in [0.3, 0.4) is 0 Å². The van der Waals surface area contributed by atoms with Crippen LogP contribution in [0.15, 0.2) is 24.3 Å². The number of nitrogens with one attached hydrogen (secondary N) is 1. The largest absolute Gasteiger partial charge is 0.483 e. The van der Waals surface area contributed by atoms with Crippen LogP contribution in [0.25, 0.3) is 0 Å². The molecule has 4 aliphatic heterocycles. The van der Waals surface area contributed by atoms with Crippen LogP contribution in [-0.2, 0) is 32.2 Å². The van der Waals surface area contributed by atoms with Gasteiger partial charge in [-0.15, -0.1) is 0 Å². The topological polar surface area (TPSA) is 99.2 Å². The predicted octanol–water partition coefficient (Wildman–Crippen LogP) is 1.24. The highest BCUT2D eigenvalue weighted by molar-refractivity contribution is 5.81. The van der Waals surface area contributed by atoms with Gasteiger partial charge in [-0.3, -0.25) is 19.3 Å². The summed E-state index contributed by atoms with van der Waals surface area (Å²) in [6.07, 6.45) is 4.43. The third-order valence-electron chi connectivity index (χ3n) is 7.86. The average Bonchev–Trinajstić information content (AvgIpc) is 3.14. The second-order valence-corrected chi connectivity index (χ2v) is 9.84. The van der Waals surface area contributed by atoms with Crippen LogP contribution in [0.2, 0.25) is 0 Å². The Balaban J connectivity index is 0.000000684. The van der Waals surface area contributed by atoms with E-state index in [9.17, 15) is 9.59 Å². The van der Waals surface area contributed by atoms with Gasteiger partial charge in [-0.25, -0.2) is 0 Å². The van der Waals surface area contributed by atoms with Crippen molar-refractivity contribution in [2.45, 2.75) is 50.5 Å². The first kappa shape index (κ1) is 21.4. The van der Waals surface area contributed by atoms with Crippen LogP contribution in [0, 0.1) is 17.8 Å². The average molecular weight is 442 g/mol. The number of carboxylic acid groups (broad SMARTS) is 1. The fraction of sp³-hybridized carbons (Fsp3) is 0.625. The Hall–Kier alpha value is -2.45. The molecule has 0 unspecified atom stereocenters. The summed E-state index contributed by atoms with van der Waals surface area (Å²) < 4.78 is 6.45. The maximum Gasteiger partial charge on any atom is 0.290 e. The fourth-order valence-corrected chi connectivity index (χ4v) is 6.17. The molecule has 1 spiro atoms. The lowest BCUT2D eigenvalue weighted by atomic mass is 9.73. The summed E-state index contributed by atoms with van der Waals surface area (Å²) in [7, 11) is 0. The van der Waals surface area contributed by atoms with E-state index in [4.69, 9.17) is 14.6 Å². The predicted molar refractivity (Wildman–Crippen MR) is 115 cm³/mol. The number of ether oxygens (including phenoxy) is 1. The molecule has 4 atom stereocenters. The molecule has 2 N–H and O–H groups in total. The summed E-state index contributed by atoms with van der Waals surface area (Å²) in [6.45, 7) is 4.15. The van der Waals surface area contributed by atoms with Gasteiger partial charge in [0.1, 0.15) is 0 Å². The molecule has 0 radical (unpaired) electrons. The molecule has 2 amide bonds. The number of rotatable bonds is 5. The van der Waals surface area contributed by atoms with Crippen LogP contribution in [0.1, 0.15) is 36.8 Å². The highest BCUT2D eigenvalue weighted by Crippen LogP contribution is 2.54. The minimum Gasteiger partial charge on any atom is -0.483 e. The third-order valence-corrected chi connectivity index (χ3v) is 7.86. The molecule has 32 heavy (non-hydrogen) atoms. The summed E-state index contributed by atoms with van der Waals surface area (Å²) in [6, 6.07) is 8.46. The quantitative estimate of drug-likeness (QED) is 0.667. The molecular weight excluding hydrogens is 410 g/mol. The van der Waals surface area contributed by atoms with Crippen molar-refractivity contribution >= 4 is 18.3 Å². The maximum absolute atomic E-state index is 13.1. The second-order valence-electron chi connectivity index (χ2n) is 9.84. The van der Waals surface area contributed by atoms with Gasteiger partial charge in [0, 0.05) is 43.9 Å². The van der Waals surface area contributed by atoms with Crippen molar-refractivity contribution in [1.82, 2.24) is 15.1 Å². The van der Waals surface area contributed by atoms with Gasteiger partial charge in [-0.2, -0.15) is 0 Å². The molecule has 6 rings (SSSR count). The maximum atomic E-state index is 13.1. The van der Waals surface area contributed by atoms with Crippen LogP contribution >= 0.6 is 0 Å². The van der Waals surface area contributed by atoms with Crippen LogP contribution in [-0.4, -0.2) is 71.1 Å². The van der Waals surface area contributed by atoms with Crippen LogP contribution < -0.4 is 5.32 Å². The summed E-state index contributed by atoms with van der Waals surface area (Å²) in [4.78, 5) is 37.8. The first-order valence-electron chi connectivity index (χ1n) is 11.6. The van der Waals surface area contributed by atoms with E-state index in [2.05, 4.69) is 34.5 Å². The minimum absolute atomic E-state index is 0.163. The first-order chi connectivity index (χ1) is 15.5. The van der Waals surface area contributed by atoms with E-state index in [1.165, 1.54) is 11.1 Å². The molecule has 8 nitrogen and oxygen atoms in total. The summed E-state index contributed by atoms with van der Waals surface area (Å²) in [5.41, 5.74) is 2.51. The molecule has 1 aromatic carbocycles. The lowest BCUT2D eigenvalue weighted by Crippen LogP contribution is -2.42. The zero-order valence-corrected chi connectivity index (χ0v) is 18.2. The van der Waals surface area contributed by atoms with Crippen molar-refractivity contribution in [3.05, 3.63) is 35.4 Å². The van der Waals surface area contributed by atoms with E-state index in [1.807, 2.05) is 4.90 Å².